The molecule has 15 heavy (non-hydrogen) atoms. The van der Waals surface area contributed by atoms with Crippen molar-refractivity contribution in [3.8, 4) is 0 Å². The molecule has 1 aromatic rings. The topological polar surface area (TPSA) is 52.3 Å². The summed E-state index contributed by atoms with van der Waals surface area (Å²) in [7, 11) is 0. The highest BCUT2D eigenvalue weighted by molar-refractivity contribution is 14.1. The quantitative estimate of drug-likeness (QED) is 0.455. The SMILES string of the molecule is CCCOC(=O)c1cc(I)cc(I)c1N. The van der Waals surface area contributed by atoms with Gasteiger partial charge in [-0.3, -0.25) is 0 Å². The van der Waals surface area contributed by atoms with Crippen LogP contribution in [0.3, 0.4) is 0 Å². The molecular formula is C10H11I2NO2. The van der Waals surface area contributed by atoms with E-state index in [1.807, 2.05) is 13.0 Å². The van der Waals surface area contributed by atoms with Crippen molar-refractivity contribution in [2.45, 2.75) is 13.3 Å². The molecule has 1 aromatic carbocycles. The number of ether oxygens (including phenoxy) is 1. The summed E-state index contributed by atoms with van der Waals surface area (Å²) in [6, 6.07) is 3.67. The number of hydrogen-bond acceptors (Lipinski definition) is 3. The maximum Gasteiger partial charge on any atom is 0.340 e. The van der Waals surface area contributed by atoms with E-state index in [0.717, 1.165) is 13.6 Å². The Balaban J connectivity index is 2.98. The molecule has 0 aliphatic rings. The Labute approximate surface area is 116 Å². The molecule has 1 rings (SSSR count). The zero-order chi connectivity index (χ0) is 11.4. The molecule has 0 fully saturated rings. The van der Waals surface area contributed by atoms with Crippen molar-refractivity contribution in [2.75, 3.05) is 12.3 Å². The minimum atomic E-state index is -0.342. The van der Waals surface area contributed by atoms with Crippen LogP contribution in [-0.4, -0.2) is 12.6 Å². The average Bonchev–Trinajstić information content (AvgIpc) is 2.19. The van der Waals surface area contributed by atoms with Crippen LogP contribution in [0.2, 0.25) is 0 Å². The average molecular weight is 431 g/mol. The molecule has 2 N–H and O–H groups in total. The minimum absolute atomic E-state index is 0.342. The van der Waals surface area contributed by atoms with Gasteiger partial charge in [0.2, 0.25) is 0 Å². The zero-order valence-electron chi connectivity index (χ0n) is 8.22. The van der Waals surface area contributed by atoms with Crippen molar-refractivity contribution in [1.82, 2.24) is 0 Å². The molecule has 0 heterocycles. The van der Waals surface area contributed by atoms with Crippen LogP contribution in [-0.2, 0) is 4.74 Å². The summed E-state index contributed by atoms with van der Waals surface area (Å²) in [5.41, 5.74) is 6.77. The summed E-state index contributed by atoms with van der Waals surface area (Å²) >= 11 is 4.26. The fourth-order valence-corrected chi connectivity index (χ4v) is 2.87. The van der Waals surface area contributed by atoms with E-state index in [0.29, 0.717) is 17.9 Å². The number of carbonyl (C=O) groups is 1. The molecule has 0 aromatic heterocycles. The van der Waals surface area contributed by atoms with Crippen molar-refractivity contribution in [1.29, 1.82) is 0 Å². The summed E-state index contributed by atoms with van der Waals surface area (Å²) in [6.07, 6.45) is 0.812. The molecule has 0 bridgehead atoms. The van der Waals surface area contributed by atoms with Gasteiger partial charge in [-0.15, -0.1) is 0 Å². The second-order valence-corrected chi connectivity index (χ2v) is 5.39. The van der Waals surface area contributed by atoms with Crippen molar-refractivity contribution >= 4 is 56.8 Å². The monoisotopic (exact) mass is 431 g/mol. The smallest absolute Gasteiger partial charge is 0.340 e. The van der Waals surface area contributed by atoms with Crippen molar-refractivity contribution in [3.63, 3.8) is 0 Å². The summed E-state index contributed by atoms with van der Waals surface area (Å²) in [5, 5.41) is 0. The maximum absolute atomic E-state index is 11.6. The molecule has 82 valence electrons. The standard InChI is InChI=1S/C10H11I2NO2/c1-2-3-15-10(14)7-4-6(11)5-8(12)9(7)13/h4-5H,2-3,13H2,1H3. The number of nitrogens with two attached hydrogens (primary N) is 1. The molecule has 5 heteroatoms. The lowest BCUT2D eigenvalue weighted by Gasteiger charge is -2.08. The zero-order valence-corrected chi connectivity index (χ0v) is 12.5. The summed E-state index contributed by atoms with van der Waals surface area (Å²) in [5.74, 6) is -0.342. The molecule has 0 unspecified atom stereocenters. The van der Waals surface area contributed by atoms with Crippen LogP contribution in [0, 0.1) is 7.14 Å². The molecule has 0 aliphatic carbocycles. The molecule has 0 spiro atoms. The first-order chi connectivity index (χ1) is 7.06. The van der Waals surface area contributed by atoms with E-state index < -0.39 is 0 Å². The lowest BCUT2D eigenvalue weighted by molar-refractivity contribution is 0.0506. The Morgan fingerprint density at radius 3 is 2.73 bits per heavy atom. The number of halogens is 2. The molecule has 0 saturated carbocycles. The van der Waals surface area contributed by atoms with Gasteiger partial charge in [0.15, 0.2) is 0 Å². The lowest BCUT2D eigenvalue weighted by Crippen LogP contribution is -2.10. The third-order valence-electron chi connectivity index (χ3n) is 1.75. The number of hydrogen-bond donors (Lipinski definition) is 1. The van der Waals surface area contributed by atoms with Crippen LogP contribution in [0.1, 0.15) is 23.7 Å². The second-order valence-electron chi connectivity index (χ2n) is 2.98. The highest BCUT2D eigenvalue weighted by Gasteiger charge is 2.14. The van der Waals surface area contributed by atoms with Gasteiger partial charge in [-0.05, 0) is 63.7 Å². The van der Waals surface area contributed by atoms with Crippen LogP contribution in [0.5, 0.6) is 0 Å². The molecule has 0 radical (unpaired) electrons. The van der Waals surface area contributed by atoms with Gasteiger partial charge in [-0.25, -0.2) is 4.79 Å². The Hall–Kier alpha value is -0.0500. The van der Waals surface area contributed by atoms with Crippen molar-refractivity contribution in [3.05, 3.63) is 24.8 Å². The van der Waals surface area contributed by atoms with E-state index in [9.17, 15) is 4.79 Å². The van der Waals surface area contributed by atoms with Gasteiger partial charge in [-0.1, -0.05) is 6.92 Å². The summed E-state index contributed by atoms with van der Waals surface area (Å²) in [6.45, 7) is 2.38. The van der Waals surface area contributed by atoms with E-state index in [1.165, 1.54) is 0 Å². The first-order valence-corrected chi connectivity index (χ1v) is 6.63. The summed E-state index contributed by atoms with van der Waals surface area (Å²) < 4.78 is 6.90. The molecule has 0 amide bonds. The fraction of sp³-hybridized carbons (Fsp3) is 0.300. The Bertz CT molecular complexity index is 380. The van der Waals surface area contributed by atoms with Crippen LogP contribution in [0.25, 0.3) is 0 Å². The Morgan fingerprint density at radius 2 is 2.13 bits per heavy atom. The Morgan fingerprint density at radius 1 is 1.47 bits per heavy atom. The van der Waals surface area contributed by atoms with Crippen LogP contribution >= 0.6 is 45.2 Å². The van der Waals surface area contributed by atoms with E-state index >= 15 is 0 Å². The van der Waals surface area contributed by atoms with E-state index in [2.05, 4.69) is 45.2 Å². The number of anilines is 1. The highest BCUT2D eigenvalue weighted by atomic mass is 127. The molecule has 0 atom stereocenters. The second kappa shape index (κ2) is 5.88. The van der Waals surface area contributed by atoms with Crippen LogP contribution in [0.4, 0.5) is 5.69 Å². The third kappa shape index (κ3) is 3.47. The fourth-order valence-electron chi connectivity index (χ4n) is 1.03. The molecular weight excluding hydrogens is 420 g/mol. The van der Waals surface area contributed by atoms with Gasteiger partial charge in [0.05, 0.1) is 17.9 Å². The van der Waals surface area contributed by atoms with Gasteiger partial charge in [0.25, 0.3) is 0 Å². The van der Waals surface area contributed by atoms with Crippen molar-refractivity contribution in [2.24, 2.45) is 0 Å². The van der Waals surface area contributed by atoms with E-state index in [1.54, 1.807) is 6.07 Å². The predicted molar refractivity (Wildman–Crippen MR) is 76.9 cm³/mol. The first kappa shape index (κ1) is 13.0. The summed E-state index contributed by atoms with van der Waals surface area (Å²) in [4.78, 5) is 11.6. The Kier molecular flexibility index (Phi) is 5.10. The van der Waals surface area contributed by atoms with E-state index in [4.69, 9.17) is 10.5 Å². The van der Waals surface area contributed by atoms with Gasteiger partial charge in [0.1, 0.15) is 0 Å². The molecule has 0 aliphatic heterocycles. The maximum atomic E-state index is 11.6. The number of carbonyl (C=O) groups excluding carboxylic acids is 1. The van der Waals surface area contributed by atoms with Gasteiger partial charge in [-0.2, -0.15) is 0 Å². The lowest BCUT2D eigenvalue weighted by atomic mass is 10.2. The molecule has 3 nitrogen and oxygen atoms in total. The number of benzene rings is 1. The normalized spacial score (nSPS) is 10.1. The third-order valence-corrected chi connectivity index (χ3v) is 3.27. The number of rotatable bonds is 3. The minimum Gasteiger partial charge on any atom is -0.462 e. The van der Waals surface area contributed by atoms with E-state index in [-0.39, 0.29) is 5.97 Å². The number of esters is 1. The van der Waals surface area contributed by atoms with Gasteiger partial charge in [0, 0.05) is 7.14 Å². The largest absolute Gasteiger partial charge is 0.462 e. The van der Waals surface area contributed by atoms with Crippen LogP contribution in [0.15, 0.2) is 12.1 Å². The molecule has 0 saturated heterocycles. The van der Waals surface area contributed by atoms with Crippen LogP contribution < -0.4 is 5.73 Å². The first-order valence-electron chi connectivity index (χ1n) is 4.48. The predicted octanol–water partition coefficient (Wildman–Crippen LogP) is 3.04. The van der Waals surface area contributed by atoms with Gasteiger partial charge < -0.3 is 10.5 Å². The van der Waals surface area contributed by atoms with Crippen molar-refractivity contribution < 1.29 is 9.53 Å². The van der Waals surface area contributed by atoms with Gasteiger partial charge >= 0.3 is 5.97 Å². The number of nitrogen functional groups attached to an aromatic ring is 1. The highest BCUT2D eigenvalue weighted by Crippen LogP contribution is 2.23.